The predicted octanol–water partition coefficient (Wildman–Crippen LogP) is 3.12. The maximum atomic E-state index is 13.2. The largest absolute Gasteiger partial charge is 0.328 e. The third-order valence-electron chi connectivity index (χ3n) is 2.82. The molecular weight excluding hydrogens is 284 g/mol. The molecular formula is C10H12F4N4S. The third-order valence-corrected chi connectivity index (χ3v) is 3.14. The van der Waals surface area contributed by atoms with Crippen LogP contribution in [0.2, 0.25) is 0 Å². The van der Waals surface area contributed by atoms with Gasteiger partial charge >= 0.3 is 12.3 Å². The van der Waals surface area contributed by atoms with Gasteiger partial charge in [-0.25, -0.2) is 13.5 Å². The standard InChI is InChI=1S/C10H12F4N4S/c1-3-18-7-6(5(2)16-18)15-9(19)17(7)4-10(13,14)8(11)12/h8H,3-4H2,1-2H3,(H,15,19). The summed E-state index contributed by atoms with van der Waals surface area (Å²) < 4.78 is 53.4. The van der Waals surface area contributed by atoms with E-state index in [9.17, 15) is 17.6 Å². The Kier molecular flexibility index (Phi) is 3.41. The van der Waals surface area contributed by atoms with Gasteiger partial charge in [-0.2, -0.15) is 13.9 Å². The number of H-pyrrole nitrogens is 1. The van der Waals surface area contributed by atoms with Gasteiger partial charge in [-0.15, -0.1) is 0 Å². The number of imidazole rings is 1. The molecule has 1 N–H and O–H groups in total. The van der Waals surface area contributed by atoms with Crippen molar-refractivity contribution in [2.24, 2.45) is 0 Å². The van der Waals surface area contributed by atoms with Crippen LogP contribution in [0.25, 0.3) is 11.2 Å². The minimum Gasteiger partial charge on any atom is -0.328 e. The number of aryl methyl sites for hydroxylation is 2. The summed E-state index contributed by atoms with van der Waals surface area (Å²) in [7, 11) is 0. The van der Waals surface area contributed by atoms with Crippen molar-refractivity contribution in [1.82, 2.24) is 19.3 Å². The molecule has 0 aromatic carbocycles. The second-order valence-corrected chi connectivity index (χ2v) is 4.56. The van der Waals surface area contributed by atoms with E-state index >= 15 is 0 Å². The van der Waals surface area contributed by atoms with Crippen molar-refractivity contribution < 1.29 is 17.6 Å². The number of halogens is 4. The van der Waals surface area contributed by atoms with E-state index in [0.29, 0.717) is 23.4 Å². The maximum Gasteiger partial charge on any atom is 0.325 e. The lowest BCUT2D eigenvalue weighted by Crippen LogP contribution is -2.32. The number of fused-ring (bicyclic) bond motifs is 1. The summed E-state index contributed by atoms with van der Waals surface area (Å²) in [6.45, 7) is 2.72. The van der Waals surface area contributed by atoms with Crippen molar-refractivity contribution in [3.63, 3.8) is 0 Å². The topological polar surface area (TPSA) is 38.5 Å². The molecule has 0 radical (unpaired) electrons. The molecule has 0 saturated heterocycles. The molecule has 0 atom stereocenters. The number of aromatic nitrogens is 4. The van der Waals surface area contributed by atoms with Crippen molar-refractivity contribution in [2.75, 3.05) is 0 Å². The first kappa shape index (κ1) is 14.0. The van der Waals surface area contributed by atoms with Crippen LogP contribution in [0.5, 0.6) is 0 Å². The zero-order valence-corrected chi connectivity index (χ0v) is 11.1. The molecule has 19 heavy (non-hydrogen) atoms. The molecule has 2 rings (SSSR count). The van der Waals surface area contributed by atoms with Crippen molar-refractivity contribution >= 4 is 23.4 Å². The van der Waals surface area contributed by atoms with E-state index in [1.807, 2.05) is 0 Å². The highest BCUT2D eigenvalue weighted by Gasteiger charge is 2.42. The summed E-state index contributed by atoms with van der Waals surface area (Å²) in [4.78, 5) is 2.73. The summed E-state index contributed by atoms with van der Waals surface area (Å²) in [6.07, 6.45) is -3.74. The first-order valence-corrected chi connectivity index (χ1v) is 6.00. The Morgan fingerprint density at radius 1 is 1.42 bits per heavy atom. The minimum absolute atomic E-state index is 0.0157. The Bertz CT molecular complexity index is 654. The van der Waals surface area contributed by atoms with Gasteiger partial charge in [-0.05, 0) is 26.1 Å². The van der Waals surface area contributed by atoms with E-state index in [0.717, 1.165) is 4.57 Å². The van der Waals surface area contributed by atoms with Crippen LogP contribution in [-0.2, 0) is 13.1 Å². The summed E-state index contributed by atoms with van der Waals surface area (Å²) in [5, 5.41) is 4.13. The molecule has 2 heterocycles. The molecule has 0 saturated carbocycles. The maximum absolute atomic E-state index is 13.2. The monoisotopic (exact) mass is 296 g/mol. The molecule has 0 bridgehead atoms. The summed E-state index contributed by atoms with van der Waals surface area (Å²) >= 11 is 4.92. The number of hydrogen-bond donors (Lipinski definition) is 1. The molecule has 106 valence electrons. The lowest BCUT2D eigenvalue weighted by atomic mass is 10.3. The van der Waals surface area contributed by atoms with Gasteiger partial charge in [0, 0.05) is 6.54 Å². The number of aromatic amines is 1. The van der Waals surface area contributed by atoms with Crippen molar-refractivity contribution in [1.29, 1.82) is 0 Å². The van der Waals surface area contributed by atoms with Crippen LogP contribution in [0.1, 0.15) is 12.6 Å². The van der Waals surface area contributed by atoms with E-state index in [-0.39, 0.29) is 4.77 Å². The van der Waals surface area contributed by atoms with Crippen LogP contribution in [0.15, 0.2) is 0 Å². The smallest absolute Gasteiger partial charge is 0.325 e. The van der Waals surface area contributed by atoms with Gasteiger partial charge in [-0.1, -0.05) is 0 Å². The van der Waals surface area contributed by atoms with Crippen LogP contribution < -0.4 is 0 Å². The number of nitrogens with one attached hydrogen (secondary N) is 1. The first-order valence-electron chi connectivity index (χ1n) is 5.59. The molecule has 0 fully saturated rings. The fourth-order valence-corrected chi connectivity index (χ4v) is 2.16. The second-order valence-electron chi connectivity index (χ2n) is 4.18. The molecule has 2 aromatic rings. The fourth-order valence-electron chi connectivity index (χ4n) is 1.91. The summed E-state index contributed by atoms with van der Waals surface area (Å²) in [5.74, 6) is -4.13. The molecule has 9 heteroatoms. The van der Waals surface area contributed by atoms with Crippen molar-refractivity contribution in [3.8, 4) is 0 Å². The van der Waals surface area contributed by atoms with Crippen LogP contribution in [0.3, 0.4) is 0 Å². The van der Waals surface area contributed by atoms with Crippen LogP contribution in [-0.4, -0.2) is 31.7 Å². The molecule has 0 unspecified atom stereocenters. The molecule has 4 nitrogen and oxygen atoms in total. The van der Waals surface area contributed by atoms with E-state index in [4.69, 9.17) is 12.2 Å². The van der Waals surface area contributed by atoms with Gasteiger partial charge < -0.3 is 4.98 Å². The zero-order valence-electron chi connectivity index (χ0n) is 10.3. The zero-order chi connectivity index (χ0) is 14.4. The molecule has 0 spiro atoms. The quantitative estimate of drug-likeness (QED) is 0.695. The van der Waals surface area contributed by atoms with E-state index in [1.54, 1.807) is 13.8 Å². The van der Waals surface area contributed by atoms with Gasteiger partial charge in [-0.3, -0.25) is 4.57 Å². The van der Waals surface area contributed by atoms with Gasteiger partial charge in [0.2, 0.25) is 0 Å². The van der Waals surface area contributed by atoms with Crippen molar-refractivity contribution in [2.45, 2.75) is 39.3 Å². The first-order chi connectivity index (χ1) is 8.77. The number of hydrogen-bond acceptors (Lipinski definition) is 2. The minimum atomic E-state index is -4.13. The fraction of sp³-hybridized carbons (Fsp3) is 0.600. The lowest BCUT2D eigenvalue weighted by Gasteiger charge is -2.16. The molecule has 2 aromatic heterocycles. The van der Waals surface area contributed by atoms with Gasteiger partial charge in [0.15, 0.2) is 10.4 Å². The van der Waals surface area contributed by atoms with Gasteiger partial charge in [0.1, 0.15) is 5.52 Å². The van der Waals surface area contributed by atoms with Crippen LogP contribution in [0.4, 0.5) is 17.6 Å². The van der Waals surface area contributed by atoms with Crippen LogP contribution in [0, 0.1) is 11.7 Å². The Morgan fingerprint density at radius 2 is 2.05 bits per heavy atom. The Labute approximate surface area is 111 Å². The highest BCUT2D eigenvalue weighted by molar-refractivity contribution is 7.71. The summed E-state index contributed by atoms with van der Waals surface area (Å²) in [6, 6.07) is 0. The molecule has 0 aliphatic carbocycles. The predicted molar refractivity (Wildman–Crippen MR) is 64.3 cm³/mol. The van der Waals surface area contributed by atoms with Crippen LogP contribution >= 0.6 is 12.2 Å². The highest BCUT2D eigenvalue weighted by atomic mass is 32.1. The number of rotatable bonds is 4. The Morgan fingerprint density at radius 3 is 2.58 bits per heavy atom. The SMILES string of the molecule is CCn1nc(C)c2[nH]c(=S)n(CC(F)(F)C(F)F)c21. The third kappa shape index (κ3) is 2.26. The molecule has 0 aliphatic heterocycles. The molecule has 0 amide bonds. The number of nitrogens with zero attached hydrogens (tertiary/aromatic N) is 3. The van der Waals surface area contributed by atoms with Gasteiger partial charge in [0.05, 0.1) is 12.2 Å². The van der Waals surface area contributed by atoms with E-state index in [1.165, 1.54) is 4.68 Å². The Balaban J connectivity index is 2.60. The Hall–Kier alpha value is -1.38. The molecule has 0 aliphatic rings. The normalized spacial score (nSPS) is 12.8. The van der Waals surface area contributed by atoms with Crippen molar-refractivity contribution in [3.05, 3.63) is 10.5 Å². The number of alkyl halides is 4. The average molecular weight is 296 g/mol. The summed E-state index contributed by atoms with van der Waals surface area (Å²) in [5.41, 5.74) is 1.39. The highest BCUT2D eigenvalue weighted by Crippen LogP contribution is 2.27. The second kappa shape index (κ2) is 4.62. The van der Waals surface area contributed by atoms with Gasteiger partial charge in [0.25, 0.3) is 0 Å². The van der Waals surface area contributed by atoms with E-state index in [2.05, 4.69) is 10.1 Å². The lowest BCUT2D eigenvalue weighted by molar-refractivity contribution is -0.137. The average Bonchev–Trinajstić information content (AvgIpc) is 2.78. The van der Waals surface area contributed by atoms with E-state index < -0.39 is 18.9 Å².